The Kier molecular flexibility index (Phi) is 2.27. The van der Waals surface area contributed by atoms with Crippen LogP contribution in [0.2, 0.25) is 0 Å². The molecule has 0 bridgehead atoms. The number of rotatable bonds is 3. The summed E-state index contributed by atoms with van der Waals surface area (Å²) in [5.74, 6) is 0.239. The minimum atomic E-state index is 0.239. The first kappa shape index (κ1) is 8.88. The lowest BCUT2D eigenvalue weighted by molar-refractivity contribution is 0.391. The fourth-order valence-electron chi connectivity index (χ4n) is 1.55. The van der Waals surface area contributed by atoms with Gasteiger partial charge in [0.05, 0.1) is 5.76 Å². The smallest absolute Gasteiger partial charge is 0.0854 e. The number of aromatic nitrogens is 1. The molecule has 0 aliphatic heterocycles. The molecule has 0 radical (unpaired) electrons. The van der Waals surface area contributed by atoms with E-state index >= 15 is 0 Å². The average Bonchev–Trinajstić information content (AvgIpc) is 2.57. The SMILES string of the molecule is C=C(O)CCc1cc2ccccc2[nH]1. The summed E-state index contributed by atoms with van der Waals surface area (Å²) < 4.78 is 0. The van der Waals surface area contributed by atoms with Crippen LogP contribution in [0, 0.1) is 0 Å². The second kappa shape index (κ2) is 3.58. The maximum atomic E-state index is 8.98. The van der Waals surface area contributed by atoms with Gasteiger partial charge in [-0.1, -0.05) is 24.8 Å². The van der Waals surface area contributed by atoms with E-state index in [1.54, 1.807) is 0 Å². The van der Waals surface area contributed by atoms with Crippen LogP contribution < -0.4 is 0 Å². The molecule has 0 fully saturated rings. The minimum Gasteiger partial charge on any atom is -0.513 e. The van der Waals surface area contributed by atoms with Crippen LogP contribution >= 0.6 is 0 Å². The molecule has 0 saturated carbocycles. The van der Waals surface area contributed by atoms with Gasteiger partial charge < -0.3 is 10.1 Å². The number of para-hydroxylation sites is 1. The van der Waals surface area contributed by atoms with Gasteiger partial charge in [0.1, 0.15) is 0 Å². The fourth-order valence-corrected chi connectivity index (χ4v) is 1.55. The van der Waals surface area contributed by atoms with E-state index in [4.69, 9.17) is 5.11 Å². The summed E-state index contributed by atoms with van der Waals surface area (Å²) >= 11 is 0. The average molecular weight is 187 g/mol. The molecule has 2 heteroatoms. The fraction of sp³-hybridized carbons (Fsp3) is 0.167. The number of aromatic amines is 1. The van der Waals surface area contributed by atoms with E-state index in [2.05, 4.69) is 23.7 Å². The van der Waals surface area contributed by atoms with E-state index in [1.807, 2.05) is 18.2 Å². The van der Waals surface area contributed by atoms with E-state index in [0.717, 1.165) is 17.6 Å². The molecule has 1 aromatic heterocycles. The second-order valence-corrected chi connectivity index (χ2v) is 3.45. The molecule has 0 saturated heterocycles. The van der Waals surface area contributed by atoms with Crippen molar-refractivity contribution in [2.75, 3.05) is 0 Å². The monoisotopic (exact) mass is 187 g/mol. The molecule has 0 aliphatic rings. The molecule has 2 aromatic rings. The van der Waals surface area contributed by atoms with Crippen molar-refractivity contribution >= 4 is 10.9 Å². The number of H-pyrrole nitrogens is 1. The van der Waals surface area contributed by atoms with Crippen LogP contribution in [0.3, 0.4) is 0 Å². The number of aliphatic hydroxyl groups is 1. The Morgan fingerprint density at radius 1 is 1.36 bits per heavy atom. The van der Waals surface area contributed by atoms with Crippen LogP contribution in [-0.4, -0.2) is 10.1 Å². The molecule has 0 spiro atoms. The third-order valence-corrected chi connectivity index (χ3v) is 2.27. The number of aliphatic hydroxyl groups excluding tert-OH is 1. The van der Waals surface area contributed by atoms with Crippen molar-refractivity contribution in [2.45, 2.75) is 12.8 Å². The maximum absolute atomic E-state index is 8.98. The van der Waals surface area contributed by atoms with Crippen LogP contribution in [0.4, 0.5) is 0 Å². The molecule has 2 rings (SSSR count). The zero-order valence-corrected chi connectivity index (χ0v) is 7.96. The predicted molar refractivity (Wildman–Crippen MR) is 58.4 cm³/mol. The third kappa shape index (κ3) is 1.79. The lowest BCUT2D eigenvalue weighted by atomic mass is 10.2. The van der Waals surface area contributed by atoms with Crippen LogP contribution in [0.25, 0.3) is 10.9 Å². The number of allylic oxidation sites excluding steroid dienone is 1. The van der Waals surface area contributed by atoms with E-state index in [-0.39, 0.29) is 5.76 Å². The highest BCUT2D eigenvalue weighted by atomic mass is 16.3. The first-order valence-corrected chi connectivity index (χ1v) is 4.69. The lowest BCUT2D eigenvalue weighted by Gasteiger charge is -1.95. The Bertz CT molecular complexity index is 423. The number of hydrogen-bond donors (Lipinski definition) is 2. The van der Waals surface area contributed by atoms with Crippen molar-refractivity contribution in [3.05, 3.63) is 48.4 Å². The largest absolute Gasteiger partial charge is 0.513 e. The zero-order valence-electron chi connectivity index (χ0n) is 7.96. The van der Waals surface area contributed by atoms with Crippen molar-refractivity contribution in [3.63, 3.8) is 0 Å². The summed E-state index contributed by atoms with van der Waals surface area (Å²) in [6, 6.07) is 10.3. The van der Waals surface area contributed by atoms with Gasteiger partial charge in [-0.2, -0.15) is 0 Å². The first-order chi connectivity index (χ1) is 6.75. The van der Waals surface area contributed by atoms with Crippen LogP contribution in [-0.2, 0) is 6.42 Å². The zero-order chi connectivity index (χ0) is 9.97. The Balaban J connectivity index is 2.22. The summed E-state index contributed by atoms with van der Waals surface area (Å²) in [5, 5.41) is 10.2. The van der Waals surface area contributed by atoms with Gasteiger partial charge in [0.15, 0.2) is 0 Å². The van der Waals surface area contributed by atoms with Gasteiger partial charge in [-0.25, -0.2) is 0 Å². The number of nitrogens with one attached hydrogen (secondary N) is 1. The van der Waals surface area contributed by atoms with Crippen molar-refractivity contribution < 1.29 is 5.11 Å². The van der Waals surface area contributed by atoms with Crippen molar-refractivity contribution in [1.82, 2.24) is 4.98 Å². The third-order valence-electron chi connectivity index (χ3n) is 2.27. The van der Waals surface area contributed by atoms with E-state index in [9.17, 15) is 0 Å². The van der Waals surface area contributed by atoms with E-state index in [1.165, 1.54) is 5.39 Å². The number of fused-ring (bicyclic) bond motifs is 1. The van der Waals surface area contributed by atoms with Crippen molar-refractivity contribution in [3.8, 4) is 0 Å². The summed E-state index contributed by atoms with van der Waals surface area (Å²) in [6.07, 6.45) is 1.43. The van der Waals surface area contributed by atoms with Crippen molar-refractivity contribution in [2.24, 2.45) is 0 Å². The molecule has 2 N–H and O–H groups in total. The van der Waals surface area contributed by atoms with Gasteiger partial charge >= 0.3 is 0 Å². The normalized spacial score (nSPS) is 10.6. The number of hydrogen-bond acceptors (Lipinski definition) is 1. The van der Waals surface area contributed by atoms with E-state index in [0.29, 0.717) is 6.42 Å². The molecular weight excluding hydrogens is 174 g/mol. The first-order valence-electron chi connectivity index (χ1n) is 4.69. The maximum Gasteiger partial charge on any atom is 0.0854 e. The molecule has 2 nitrogen and oxygen atoms in total. The van der Waals surface area contributed by atoms with Gasteiger partial charge in [-0.15, -0.1) is 0 Å². The standard InChI is InChI=1S/C12H13NO/c1-9(14)6-7-11-8-10-4-2-3-5-12(10)13-11/h2-5,8,13-14H,1,6-7H2. The molecule has 0 atom stereocenters. The van der Waals surface area contributed by atoms with Crippen LogP contribution in [0.1, 0.15) is 12.1 Å². The highest BCUT2D eigenvalue weighted by molar-refractivity contribution is 5.80. The summed E-state index contributed by atoms with van der Waals surface area (Å²) in [7, 11) is 0. The van der Waals surface area contributed by atoms with Gasteiger partial charge in [0.25, 0.3) is 0 Å². The number of aryl methyl sites for hydroxylation is 1. The van der Waals surface area contributed by atoms with Gasteiger partial charge in [0.2, 0.25) is 0 Å². The quantitative estimate of drug-likeness (QED) is 0.711. The highest BCUT2D eigenvalue weighted by Crippen LogP contribution is 2.16. The Hall–Kier alpha value is -1.70. The van der Waals surface area contributed by atoms with Crippen LogP contribution in [0.5, 0.6) is 0 Å². The van der Waals surface area contributed by atoms with Gasteiger partial charge in [-0.05, 0) is 23.9 Å². The number of benzene rings is 1. The molecular formula is C12H13NO. The molecule has 0 amide bonds. The van der Waals surface area contributed by atoms with Gasteiger partial charge in [-0.3, -0.25) is 0 Å². The van der Waals surface area contributed by atoms with Crippen molar-refractivity contribution in [1.29, 1.82) is 0 Å². The summed E-state index contributed by atoms with van der Waals surface area (Å²) in [4.78, 5) is 3.30. The Labute approximate surface area is 82.9 Å². The molecule has 0 unspecified atom stereocenters. The minimum absolute atomic E-state index is 0.239. The van der Waals surface area contributed by atoms with E-state index < -0.39 is 0 Å². The molecule has 1 heterocycles. The summed E-state index contributed by atoms with van der Waals surface area (Å²) in [6.45, 7) is 3.47. The van der Waals surface area contributed by atoms with Crippen LogP contribution in [0.15, 0.2) is 42.7 Å². The Morgan fingerprint density at radius 2 is 2.14 bits per heavy atom. The molecule has 72 valence electrons. The second-order valence-electron chi connectivity index (χ2n) is 3.45. The lowest BCUT2D eigenvalue weighted by Crippen LogP contribution is -1.86. The topological polar surface area (TPSA) is 36.0 Å². The molecule has 1 aromatic carbocycles. The molecule has 0 aliphatic carbocycles. The summed E-state index contributed by atoms with van der Waals surface area (Å²) in [5.41, 5.74) is 2.28. The molecule has 14 heavy (non-hydrogen) atoms. The highest BCUT2D eigenvalue weighted by Gasteiger charge is 1.99. The van der Waals surface area contributed by atoms with Gasteiger partial charge in [0, 0.05) is 17.6 Å². The predicted octanol–water partition coefficient (Wildman–Crippen LogP) is 3.17. The Morgan fingerprint density at radius 3 is 2.86 bits per heavy atom.